The van der Waals surface area contributed by atoms with E-state index >= 15 is 0 Å². The van der Waals surface area contributed by atoms with Gasteiger partial charge >= 0.3 is 0 Å². The van der Waals surface area contributed by atoms with Crippen LogP contribution in [0.25, 0.3) is 17.4 Å². The second-order valence-corrected chi connectivity index (χ2v) is 8.16. The van der Waals surface area contributed by atoms with Crippen LogP contribution in [0.5, 0.6) is 0 Å². The zero-order chi connectivity index (χ0) is 23.9. The van der Waals surface area contributed by atoms with Crippen molar-refractivity contribution in [1.29, 1.82) is 0 Å². The van der Waals surface area contributed by atoms with Crippen molar-refractivity contribution < 1.29 is 18.9 Å². The number of anilines is 1. The first-order valence-corrected chi connectivity index (χ1v) is 10.5. The van der Waals surface area contributed by atoms with Crippen molar-refractivity contribution in [2.24, 2.45) is 0 Å². The Labute approximate surface area is 202 Å². The summed E-state index contributed by atoms with van der Waals surface area (Å²) in [7, 11) is 0. The lowest BCUT2D eigenvalue weighted by Gasteiger charge is -2.29. The number of non-ortho nitro benzene ring substituents is 1. The molecule has 2 amide bonds. The second-order valence-electron chi connectivity index (χ2n) is 6.99. The number of rotatable bonds is 4. The summed E-state index contributed by atoms with van der Waals surface area (Å²) in [6.07, 6.45) is 1.29. The Bertz CT molecular complexity index is 1380. The first-order valence-electron chi connectivity index (χ1n) is 9.38. The third-order valence-corrected chi connectivity index (χ3v) is 5.97. The Morgan fingerprint density at radius 3 is 2.61 bits per heavy atom. The molecule has 1 aliphatic heterocycles. The van der Waals surface area contributed by atoms with Crippen molar-refractivity contribution in [2.45, 2.75) is 6.92 Å². The van der Waals surface area contributed by atoms with Crippen LogP contribution < -0.4 is 10.2 Å². The number of carbonyl (C=O) groups is 2. The van der Waals surface area contributed by atoms with Crippen molar-refractivity contribution in [3.8, 4) is 11.3 Å². The molecule has 0 saturated carbocycles. The molecule has 33 heavy (non-hydrogen) atoms. The normalized spacial score (nSPS) is 15.2. The van der Waals surface area contributed by atoms with Crippen LogP contribution >= 0.6 is 35.4 Å². The summed E-state index contributed by atoms with van der Waals surface area (Å²) >= 11 is 17.5. The number of nitrogens with zero attached hydrogens (tertiary/aromatic N) is 2. The van der Waals surface area contributed by atoms with Gasteiger partial charge in [-0.3, -0.25) is 29.9 Å². The SMILES string of the molecule is Cc1cc([N+](=O)[O-])ccc1-c1ccc(/C=C2/C(=O)NC(=S)N(c3cccc(Cl)c3Cl)C2=O)o1. The van der Waals surface area contributed by atoms with Crippen LogP contribution in [0.15, 0.2) is 58.5 Å². The number of thiocarbonyl (C=S) groups is 1. The number of benzene rings is 2. The molecule has 1 saturated heterocycles. The molecule has 2 heterocycles. The quantitative estimate of drug-likeness (QED) is 0.171. The van der Waals surface area contributed by atoms with Gasteiger partial charge in [0.15, 0.2) is 5.11 Å². The lowest BCUT2D eigenvalue weighted by molar-refractivity contribution is -0.384. The number of furan rings is 1. The number of carbonyl (C=O) groups excluding carboxylic acids is 2. The van der Waals surface area contributed by atoms with E-state index in [1.807, 2.05) is 0 Å². The average Bonchev–Trinajstić information content (AvgIpc) is 3.22. The van der Waals surface area contributed by atoms with Gasteiger partial charge in [0.1, 0.15) is 17.1 Å². The molecule has 0 spiro atoms. The van der Waals surface area contributed by atoms with Crippen LogP contribution in [0.3, 0.4) is 0 Å². The van der Waals surface area contributed by atoms with Gasteiger partial charge < -0.3 is 4.42 Å². The molecule has 11 heteroatoms. The summed E-state index contributed by atoms with van der Waals surface area (Å²) in [5.74, 6) is -0.740. The topological polar surface area (TPSA) is 106 Å². The molecule has 166 valence electrons. The van der Waals surface area contributed by atoms with Crippen LogP contribution in [-0.4, -0.2) is 21.9 Å². The number of hydrogen-bond donors (Lipinski definition) is 1. The Morgan fingerprint density at radius 2 is 1.91 bits per heavy atom. The summed E-state index contributed by atoms with van der Waals surface area (Å²) in [6.45, 7) is 1.72. The predicted octanol–water partition coefficient (Wildman–Crippen LogP) is 5.30. The Kier molecular flexibility index (Phi) is 6.03. The molecule has 1 N–H and O–H groups in total. The molecule has 0 atom stereocenters. The molecule has 8 nitrogen and oxygen atoms in total. The van der Waals surface area contributed by atoms with E-state index in [2.05, 4.69) is 5.32 Å². The van der Waals surface area contributed by atoms with E-state index < -0.39 is 16.7 Å². The number of nitro groups is 1. The molecule has 1 aliphatic rings. The highest BCUT2D eigenvalue weighted by molar-refractivity contribution is 7.80. The molecular weight excluding hydrogens is 489 g/mol. The second kappa shape index (κ2) is 8.78. The highest BCUT2D eigenvalue weighted by Crippen LogP contribution is 2.35. The fraction of sp³-hybridized carbons (Fsp3) is 0.0455. The summed E-state index contributed by atoms with van der Waals surface area (Å²) in [6, 6.07) is 12.3. The first kappa shape index (κ1) is 22.7. The Balaban J connectivity index is 1.69. The summed E-state index contributed by atoms with van der Waals surface area (Å²) in [5, 5.41) is 13.6. The van der Waals surface area contributed by atoms with E-state index in [0.29, 0.717) is 16.9 Å². The van der Waals surface area contributed by atoms with Crippen molar-refractivity contribution in [1.82, 2.24) is 5.32 Å². The van der Waals surface area contributed by atoms with E-state index in [9.17, 15) is 19.7 Å². The van der Waals surface area contributed by atoms with Crippen LogP contribution in [0, 0.1) is 17.0 Å². The maximum absolute atomic E-state index is 13.1. The maximum Gasteiger partial charge on any atom is 0.270 e. The van der Waals surface area contributed by atoms with E-state index in [1.165, 1.54) is 18.2 Å². The predicted molar refractivity (Wildman–Crippen MR) is 128 cm³/mol. The Hall–Kier alpha value is -3.53. The maximum atomic E-state index is 13.1. The van der Waals surface area contributed by atoms with Gasteiger partial charge in [-0.15, -0.1) is 0 Å². The highest BCUT2D eigenvalue weighted by Gasteiger charge is 2.36. The van der Waals surface area contributed by atoms with Gasteiger partial charge in [-0.2, -0.15) is 0 Å². The summed E-state index contributed by atoms with van der Waals surface area (Å²) in [5.41, 5.74) is 1.24. The average molecular weight is 502 g/mol. The number of aryl methyl sites for hydroxylation is 1. The summed E-state index contributed by atoms with van der Waals surface area (Å²) < 4.78 is 5.78. The van der Waals surface area contributed by atoms with Crippen LogP contribution in [0.4, 0.5) is 11.4 Å². The highest BCUT2D eigenvalue weighted by atomic mass is 35.5. The zero-order valence-electron chi connectivity index (χ0n) is 16.8. The number of nitro benzene ring substituents is 1. The van der Waals surface area contributed by atoms with Gasteiger partial charge in [-0.25, -0.2) is 0 Å². The van der Waals surface area contributed by atoms with Gasteiger partial charge in [0, 0.05) is 17.7 Å². The van der Waals surface area contributed by atoms with E-state index in [-0.39, 0.29) is 37.9 Å². The third-order valence-electron chi connectivity index (χ3n) is 4.87. The standard InChI is InChI=1S/C22H13Cl2N3O5S/c1-11-9-12(27(30)31)5-7-14(11)18-8-6-13(32-18)10-15-20(28)25-22(33)26(21(15)29)17-4-2-3-16(23)19(17)24/h2-10H,1H3,(H,25,28,33)/b15-10-. The van der Waals surface area contributed by atoms with Gasteiger partial charge in [-0.1, -0.05) is 29.3 Å². The minimum absolute atomic E-state index is 0.0367. The van der Waals surface area contributed by atoms with Gasteiger partial charge in [0.2, 0.25) is 0 Å². The fourth-order valence-corrected chi connectivity index (χ4v) is 3.95. The molecule has 0 radical (unpaired) electrons. The lowest BCUT2D eigenvalue weighted by Crippen LogP contribution is -2.54. The Morgan fingerprint density at radius 1 is 1.15 bits per heavy atom. The molecule has 0 unspecified atom stereocenters. The lowest BCUT2D eigenvalue weighted by atomic mass is 10.1. The molecule has 3 aromatic rings. The number of nitrogens with one attached hydrogen (secondary N) is 1. The smallest absolute Gasteiger partial charge is 0.270 e. The molecule has 2 aromatic carbocycles. The molecule has 0 aliphatic carbocycles. The van der Waals surface area contributed by atoms with E-state index in [1.54, 1.807) is 43.3 Å². The van der Waals surface area contributed by atoms with Crippen LogP contribution in [0.2, 0.25) is 10.0 Å². The van der Waals surface area contributed by atoms with E-state index in [4.69, 9.17) is 39.8 Å². The molecule has 1 fully saturated rings. The van der Waals surface area contributed by atoms with Crippen LogP contribution in [0.1, 0.15) is 11.3 Å². The van der Waals surface area contributed by atoms with Gasteiger partial charge in [-0.05, 0) is 61.1 Å². The number of halogens is 2. The van der Waals surface area contributed by atoms with Gasteiger partial charge in [0.05, 0.1) is 20.7 Å². The molecular formula is C22H13Cl2N3O5S. The minimum Gasteiger partial charge on any atom is -0.457 e. The van der Waals surface area contributed by atoms with Crippen molar-refractivity contribution >= 4 is 69.8 Å². The third kappa shape index (κ3) is 4.25. The zero-order valence-corrected chi connectivity index (χ0v) is 19.1. The van der Waals surface area contributed by atoms with Crippen LogP contribution in [-0.2, 0) is 9.59 Å². The summed E-state index contributed by atoms with van der Waals surface area (Å²) in [4.78, 5) is 37.2. The minimum atomic E-state index is -0.697. The van der Waals surface area contributed by atoms with Crippen molar-refractivity contribution in [3.05, 3.63) is 85.6 Å². The number of hydrogen-bond acceptors (Lipinski definition) is 6. The molecule has 0 bridgehead atoms. The molecule has 1 aromatic heterocycles. The fourth-order valence-electron chi connectivity index (χ4n) is 3.30. The van der Waals surface area contributed by atoms with Gasteiger partial charge in [0.25, 0.3) is 17.5 Å². The van der Waals surface area contributed by atoms with E-state index in [0.717, 1.165) is 4.90 Å². The monoisotopic (exact) mass is 501 g/mol. The molecule has 4 rings (SSSR count). The number of amides is 2. The van der Waals surface area contributed by atoms with Crippen molar-refractivity contribution in [3.63, 3.8) is 0 Å². The van der Waals surface area contributed by atoms with Crippen molar-refractivity contribution in [2.75, 3.05) is 4.90 Å². The largest absolute Gasteiger partial charge is 0.457 e. The first-order chi connectivity index (χ1) is 15.7.